The fraction of sp³-hybridized carbons (Fsp3) is 0.645. The Labute approximate surface area is 256 Å². The first kappa shape index (κ1) is 40.4. The predicted molar refractivity (Wildman–Crippen MR) is 166 cm³/mol. The van der Waals surface area contributed by atoms with E-state index in [-0.39, 0.29) is 12.8 Å². The number of carboxylic acid groups (broad SMARTS) is 1. The quantitative estimate of drug-likeness (QED) is 0.0370. The minimum Gasteiger partial charge on any atom is -0.480 e. The molecule has 0 radical (unpaired) electrons. The highest BCUT2D eigenvalue weighted by Gasteiger charge is 2.28. The molecule has 0 heterocycles. The number of carbonyl (C=O) groups excluding carboxylic acids is 2. The van der Waals surface area contributed by atoms with E-state index in [2.05, 4.69) is 74.6 Å². The van der Waals surface area contributed by atoms with Crippen LogP contribution in [0.25, 0.3) is 0 Å². The van der Waals surface area contributed by atoms with Gasteiger partial charge in [-0.15, -0.1) is 0 Å². The van der Waals surface area contributed by atoms with Gasteiger partial charge >= 0.3 is 19.8 Å². The van der Waals surface area contributed by atoms with Crippen LogP contribution in [0.2, 0.25) is 0 Å². The number of nitrogens with one attached hydrogen (secondary N) is 1. The Morgan fingerprint density at radius 1 is 0.767 bits per heavy atom. The number of hydrogen-bond acceptors (Lipinski definition) is 8. The Morgan fingerprint density at radius 2 is 1.30 bits per heavy atom. The molecule has 0 saturated heterocycles. The van der Waals surface area contributed by atoms with Crippen LogP contribution in [0.1, 0.15) is 97.3 Å². The van der Waals surface area contributed by atoms with Gasteiger partial charge in [-0.2, -0.15) is 0 Å². The number of unbranched alkanes of at least 4 members (excludes halogenated alkanes) is 6. The van der Waals surface area contributed by atoms with E-state index in [1.807, 2.05) is 0 Å². The second-order valence-corrected chi connectivity index (χ2v) is 11.4. The third kappa shape index (κ3) is 26.8. The summed E-state index contributed by atoms with van der Waals surface area (Å²) in [5.74, 6) is -2.52. The number of rotatable bonds is 27. The van der Waals surface area contributed by atoms with E-state index >= 15 is 0 Å². The molecule has 0 saturated carbocycles. The SMILES string of the molecule is CCCCC/C=C\C/C=C\C/C=C\C/C=C\CCCCCC(=O)NC(COP(=O)(O)OCC(O)COC(=O)CC)C(=O)O. The van der Waals surface area contributed by atoms with Crippen LogP contribution >= 0.6 is 7.82 Å². The summed E-state index contributed by atoms with van der Waals surface area (Å²) in [6.45, 7) is 1.83. The maximum atomic E-state index is 12.1. The van der Waals surface area contributed by atoms with Crippen molar-refractivity contribution < 1.29 is 47.8 Å². The van der Waals surface area contributed by atoms with E-state index in [0.717, 1.165) is 38.5 Å². The molecule has 0 spiro atoms. The molecule has 12 heteroatoms. The van der Waals surface area contributed by atoms with Crippen LogP contribution in [0.4, 0.5) is 0 Å². The molecule has 0 aliphatic carbocycles. The summed E-state index contributed by atoms with van der Waals surface area (Å²) >= 11 is 0. The van der Waals surface area contributed by atoms with Gasteiger partial charge in [0.15, 0.2) is 6.04 Å². The Hall–Kier alpha value is -2.56. The van der Waals surface area contributed by atoms with Crippen molar-refractivity contribution >= 4 is 25.7 Å². The van der Waals surface area contributed by atoms with Gasteiger partial charge in [-0.25, -0.2) is 9.36 Å². The molecule has 43 heavy (non-hydrogen) atoms. The molecule has 3 atom stereocenters. The number of allylic oxidation sites excluding steroid dienone is 8. The van der Waals surface area contributed by atoms with Gasteiger partial charge in [0.25, 0.3) is 0 Å². The average Bonchev–Trinajstić information content (AvgIpc) is 2.97. The van der Waals surface area contributed by atoms with Crippen molar-refractivity contribution in [3.05, 3.63) is 48.6 Å². The Kier molecular flexibility index (Phi) is 25.4. The van der Waals surface area contributed by atoms with E-state index < -0.39 is 57.6 Å². The lowest BCUT2D eigenvalue weighted by Gasteiger charge is -2.18. The molecular weight excluding hydrogens is 577 g/mol. The first-order valence-corrected chi connectivity index (χ1v) is 16.7. The lowest BCUT2D eigenvalue weighted by Crippen LogP contribution is -2.43. The molecule has 0 bridgehead atoms. The highest BCUT2D eigenvalue weighted by atomic mass is 31.2. The standard InChI is InChI=1S/C31H52NO10P/c1-3-5-6-7-8-9-10-11-12-13-14-15-16-17-18-19-20-21-22-23-29(34)32-28(31(36)37)26-42-43(38,39)41-25-27(33)24-40-30(35)4-2/h8-9,11-12,14-15,17-18,27-28,33H,3-7,10,13,16,19-26H2,1-2H3,(H,32,34)(H,36,37)(H,38,39)/b9-8-,12-11-,15-14-,18-17-. The number of carbonyl (C=O) groups is 3. The number of phosphoric ester groups is 1. The molecule has 1 amide bonds. The fourth-order valence-corrected chi connectivity index (χ4v) is 4.22. The summed E-state index contributed by atoms with van der Waals surface area (Å²) in [5, 5.41) is 21.2. The molecule has 3 unspecified atom stereocenters. The minimum absolute atomic E-state index is 0.101. The molecular formula is C31H52NO10P. The summed E-state index contributed by atoms with van der Waals surface area (Å²) < 4.78 is 25.9. The van der Waals surface area contributed by atoms with Gasteiger partial charge in [0, 0.05) is 12.8 Å². The number of carboxylic acids is 1. The second kappa shape index (κ2) is 27.0. The van der Waals surface area contributed by atoms with Crippen LogP contribution in [0.5, 0.6) is 0 Å². The number of amides is 1. The van der Waals surface area contributed by atoms with Gasteiger partial charge in [0.05, 0.1) is 13.2 Å². The molecule has 11 nitrogen and oxygen atoms in total. The summed E-state index contributed by atoms with van der Waals surface area (Å²) in [5.41, 5.74) is 0. The number of aliphatic hydroxyl groups excluding tert-OH is 1. The number of esters is 1. The topological polar surface area (TPSA) is 169 Å². The third-order valence-corrected chi connectivity index (χ3v) is 6.88. The van der Waals surface area contributed by atoms with Gasteiger partial charge in [0.2, 0.25) is 5.91 Å². The van der Waals surface area contributed by atoms with Crippen LogP contribution in [-0.2, 0) is 32.7 Å². The van der Waals surface area contributed by atoms with Gasteiger partial charge in [-0.05, 0) is 51.4 Å². The fourth-order valence-electron chi connectivity index (χ4n) is 3.45. The molecule has 246 valence electrons. The molecule has 0 aromatic rings. The Bertz CT molecular complexity index is 932. The van der Waals surface area contributed by atoms with Gasteiger partial charge in [-0.1, -0.05) is 81.7 Å². The normalized spacial score (nSPS) is 14.9. The zero-order chi connectivity index (χ0) is 32.2. The van der Waals surface area contributed by atoms with Crippen LogP contribution in [0.15, 0.2) is 48.6 Å². The zero-order valence-corrected chi connectivity index (χ0v) is 26.6. The monoisotopic (exact) mass is 629 g/mol. The van der Waals surface area contributed by atoms with Crippen molar-refractivity contribution in [1.29, 1.82) is 0 Å². The average molecular weight is 630 g/mol. The minimum atomic E-state index is -4.73. The summed E-state index contributed by atoms with van der Waals surface area (Å²) in [4.78, 5) is 44.3. The van der Waals surface area contributed by atoms with Gasteiger partial charge in [0.1, 0.15) is 12.7 Å². The van der Waals surface area contributed by atoms with Crippen molar-refractivity contribution in [3.8, 4) is 0 Å². The van der Waals surface area contributed by atoms with Crippen molar-refractivity contribution in [2.24, 2.45) is 0 Å². The molecule has 0 aromatic carbocycles. The van der Waals surface area contributed by atoms with Crippen molar-refractivity contribution in [3.63, 3.8) is 0 Å². The largest absolute Gasteiger partial charge is 0.480 e. The van der Waals surface area contributed by atoms with Crippen LogP contribution in [0, 0.1) is 0 Å². The maximum Gasteiger partial charge on any atom is 0.472 e. The smallest absolute Gasteiger partial charge is 0.472 e. The molecule has 0 aliphatic heterocycles. The summed E-state index contributed by atoms with van der Waals surface area (Å²) in [6.07, 6.45) is 27.0. The first-order chi connectivity index (χ1) is 20.6. The highest BCUT2D eigenvalue weighted by molar-refractivity contribution is 7.47. The molecule has 4 N–H and O–H groups in total. The molecule has 0 fully saturated rings. The zero-order valence-electron chi connectivity index (χ0n) is 25.7. The van der Waals surface area contributed by atoms with E-state index in [4.69, 9.17) is 0 Å². The first-order valence-electron chi connectivity index (χ1n) is 15.2. The van der Waals surface area contributed by atoms with E-state index in [9.17, 15) is 34.1 Å². The van der Waals surface area contributed by atoms with Gasteiger partial charge in [-0.3, -0.25) is 18.6 Å². The number of hydrogen-bond donors (Lipinski definition) is 4. The Balaban J connectivity index is 4.02. The number of aliphatic hydroxyl groups is 1. The summed E-state index contributed by atoms with van der Waals surface area (Å²) in [6, 6.07) is -1.56. The predicted octanol–water partition coefficient (Wildman–Crippen LogP) is 5.93. The van der Waals surface area contributed by atoms with Crippen LogP contribution in [0.3, 0.4) is 0 Å². The highest BCUT2D eigenvalue weighted by Crippen LogP contribution is 2.43. The molecule has 0 rings (SSSR count). The Morgan fingerprint density at radius 3 is 1.84 bits per heavy atom. The molecule has 0 aliphatic rings. The van der Waals surface area contributed by atoms with Crippen molar-refractivity contribution in [2.75, 3.05) is 19.8 Å². The molecule has 0 aromatic heterocycles. The lowest BCUT2D eigenvalue weighted by molar-refractivity contribution is -0.146. The van der Waals surface area contributed by atoms with Crippen LogP contribution in [-0.4, -0.2) is 64.9 Å². The number of aliphatic carboxylic acids is 1. The van der Waals surface area contributed by atoms with Crippen molar-refractivity contribution in [1.82, 2.24) is 5.32 Å². The summed E-state index contributed by atoms with van der Waals surface area (Å²) in [7, 11) is -4.73. The van der Waals surface area contributed by atoms with Gasteiger partial charge < -0.3 is 25.2 Å². The second-order valence-electron chi connectivity index (χ2n) is 9.90. The van der Waals surface area contributed by atoms with Crippen molar-refractivity contribution in [2.45, 2.75) is 109 Å². The van der Waals surface area contributed by atoms with E-state index in [0.29, 0.717) is 6.42 Å². The van der Waals surface area contributed by atoms with E-state index in [1.54, 1.807) is 6.92 Å². The van der Waals surface area contributed by atoms with Crippen LogP contribution < -0.4 is 5.32 Å². The van der Waals surface area contributed by atoms with E-state index in [1.165, 1.54) is 25.7 Å². The maximum absolute atomic E-state index is 12.1. The lowest BCUT2D eigenvalue weighted by atomic mass is 10.1. The number of ether oxygens (including phenoxy) is 1. The third-order valence-electron chi connectivity index (χ3n) is 5.93. The number of phosphoric acid groups is 1.